The lowest BCUT2D eigenvalue weighted by Gasteiger charge is -2.19. The van der Waals surface area contributed by atoms with Crippen molar-refractivity contribution in [2.24, 2.45) is 0 Å². The summed E-state index contributed by atoms with van der Waals surface area (Å²) >= 11 is 0. The van der Waals surface area contributed by atoms with Crippen molar-refractivity contribution in [2.45, 2.75) is 65.0 Å². The molecule has 2 nitrogen and oxygen atoms in total. The van der Waals surface area contributed by atoms with E-state index in [1.54, 1.807) is 0 Å². The van der Waals surface area contributed by atoms with Gasteiger partial charge in [0.2, 0.25) is 0 Å². The first-order valence-corrected chi connectivity index (χ1v) is 6.10. The van der Waals surface area contributed by atoms with E-state index in [0.717, 1.165) is 6.42 Å². The van der Waals surface area contributed by atoms with Crippen molar-refractivity contribution in [3.63, 3.8) is 0 Å². The molecule has 0 heterocycles. The maximum atomic E-state index is 13.3. The molecule has 0 aliphatic carbocycles. The van der Waals surface area contributed by atoms with Crippen LogP contribution in [0.1, 0.15) is 47.0 Å². The van der Waals surface area contributed by atoms with Crippen LogP contribution in [-0.4, -0.2) is 31.2 Å². The van der Waals surface area contributed by atoms with E-state index in [9.17, 15) is 8.78 Å². The molecule has 0 rings (SSSR count). The van der Waals surface area contributed by atoms with Crippen LogP contribution in [0.5, 0.6) is 0 Å². The Kier molecular flexibility index (Phi) is 7.85. The van der Waals surface area contributed by atoms with Crippen molar-refractivity contribution in [1.82, 2.24) is 5.32 Å². The summed E-state index contributed by atoms with van der Waals surface area (Å²) in [6.07, 6.45) is 0.683. The molecule has 98 valence electrons. The first-order chi connectivity index (χ1) is 7.37. The van der Waals surface area contributed by atoms with Gasteiger partial charge in [0.15, 0.2) is 0 Å². The van der Waals surface area contributed by atoms with Crippen LogP contribution in [-0.2, 0) is 4.74 Å². The summed E-state index contributed by atoms with van der Waals surface area (Å²) in [5.74, 6) is -2.62. The van der Waals surface area contributed by atoms with E-state index in [-0.39, 0.29) is 25.6 Å². The Morgan fingerprint density at radius 1 is 1.19 bits per heavy atom. The predicted octanol–water partition coefficient (Wildman–Crippen LogP) is 3.22. The van der Waals surface area contributed by atoms with Gasteiger partial charge in [0.05, 0.1) is 12.7 Å². The predicted molar refractivity (Wildman–Crippen MR) is 63.0 cm³/mol. The van der Waals surface area contributed by atoms with Gasteiger partial charge >= 0.3 is 0 Å². The molecule has 0 aromatic heterocycles. The van der Waals surface area contributed by atoms with Crippen LogP contribution in [0.25, 0.3) is 0 Å². The van der Waals surface area contributed by atoms with Crippen LogP contribution < -0.4 is 5.32 Å². The van der Waals surface area contributed by atoms with Crippen LogP contribution in [0.15, 0.2) is 0 Å². The number of nitrogens with one attached hydrogen (secondary N) is 1. The molecule has 0 radical (unpaired) electrons. The van der Waals surface area contributed by atoms with Gasteiger partial charge in [0.1, 0.15) is 0 Å². The van der Waals surface area contributed by atoms with Crippen LogP contribution in [0.3, 0.4) is 0 Å². The Morgan fingerprint density at radius 3 is 2.31 bits per heavy atom. The molecule has 16 heavy (non-hydrogen) atoms. The Labute approximate surface area is 97.7 Å². The Morgan fingerprint density at radius 2 is 1.81 bits per heavy atom. The van der Waals surface area contributed by atoms with Crippen LogP contribution in [0.4, 0.5) is 8.78 Å². The standard InChI is InChI=1S/C12H25F2NO/c1-5-11(4)15-8-6-12(13,14)7-9-16-10(2)3/h10-11,15H,5-9H2,1-4H3/t11-/m0/s1. The van der Waals surface area contributed by atoms with E-state index in [4.69, 9.17) is 4.74 Å². The van der Waals surface area contributed by atoms with E-state index in [2.05, 4.69) is 5.32 Å². The normalized spacial score (nSPS) is 14.4. The molecule has 1 N–H and O–H groups in total. The molecule has 0 aromatic carbocycles. The zero-order valence-corrected chi connectivity index (χ0v) is 10.9. The highest BCUT2D eigenvalue weighted by atomic mass is 19.3. The molecular formula is C12H25F2NO. The van der Waals surface area contributed by atoms with E-state index in [1.807, 2.05) is 27.7 Å². The van der Waals surface area contributed by atoms with Crippen molar-refractivity contribution in [2.75, 3.05) is 13.2 Å². The summed E-state index contributed by atoms with van der Waals surface area (Å²) in [5.41, 5.74) is 0. The summed E-state index contributed by atoms with van der Waals surface area (Å²) in [6, 6.07) is 0.308. The molecule has 4 heteroatoms. The van der Waals surface area contributed by atoms with Gasteiger partial charge in [-0.05, 0) is 27.2 Å². The van der Waals surface area contributed by atoms with Gasteiger partial charge in [-0.3, -0.25) is 0 Å². The van der Waals surface area contributed by atoms with E-state index in [0.29, 0.717) is 12.6 Å². The highest BCUT2D eigenvalue weighted by Crippen LogP contribution is 2.22. The fraction of sp³-hybridized carbons (Fsp3) is 1.00. The SMILES string of the molecule is CC[C@H](C)NCCC(F)(F)CCOC(C)C. The van der Waals surface area contributed by atoms with Gasteiger partial charge in [-0.15, -0.1) is 0 Å². The average molecular weight is 237 g/mol. The molecule has 0 spiro atoms. The first kappa shape index (κ1) is 15.8. The molecule has 1 atom stereocenters. The van der Waals surface area contributed by atoms with Crippen molar-refractivity contribution >= 4 is 0 Å². The molecule has 0 fully saturated rings. The molecule has 0 saturated carbocycles. The minimum Gasteiger partial charge on any atom is -0.379 e. The summed E-state index contributed by atoms with van der Waals surface area (Å²) in [7, 11) is 0. The lowest BCUT2D eigenvalue weighted by molar-refractivity contribution is -0.0476. The highest BCUT2D eigenvalue weighted by Gasteiger charge is 2.27. The van der Waals surface area contributed by atoms with Gasteiger partial charge in [0, 0.05) is 25.4 Å². The van der Waals surface area contributed by atoms with E-state index in [1.165, 1.54) is 0 Å². The lowest BCUT2D eigenvalue weighted by atomic mass is 10.1. The third-order valence-corrected chi connectivity index (χ3v) is 2.51. The highest BCUT2D eigenvalue weighted by molar-refractivity contribution is 4.69. The lowest BCUT2D eigenvalue weighted by Crippen LogP contribution is -2.31. The van der Waals surface area contributed by atoms with Crippen molar-refractivity contribution < 1.29 is 13.5 Å². The minimum absolute atomic E-state index is 0.0223. The van der Waals surface area contributed by atoms with Gasteiger partial charge < -0.3 is 10.1 Å². The second kappa shape index (κ2) is 7.96. The monoisotopic (exact) mass is 237 g/mol. The molecule has 0 aliphatic heterocycles. The smallest absolute Gasteiger partial charge is 0.251 e. The fourth-order valence-electron chi connectivity index (χ4n) is 1.21. The molecule has 0 aliphatic rings. The quantitative estimate of drug-likeness (QED) is 0.665. The third kappa shape index (κ3) is 9.04. The largest absolute Gasteiger partial charge is 0.379 e. The average Bonchev–Trinajstić information content (AvgIpc) is 2.16. The van der Waals surface area contributed by atoms with Gasteiger partial charge in [-0.25, -0.2) is 8.78 Å². The molecule has 0 saturated heterocycles. The molecule has 0 aromatic rings. The summed E-state index contributed by atoms with van der Waals surface area (Å²) in [5, 5.41) is 3.07. The summed E-state index contributed by atoms with van der Waals surface area (Å²) in [6.45, 7) is 8.23. The number of alkyl halides is 2. The zero-order valence-electron chi connectivity index (χ0n) is 10.9. The second-order valence-electron chi connectivity index (χ2n) is 4.54. The number of hydrogen-bond acceptors (Lipinski definition) is 2. The Hall–Kier alpha value is -0.220. The molecular weight excluding hydrogens is 212 g/mol. The van der Waals surface area contributed by atoms with Gasteiger partial charge in [-0.2, -0.15) is 0 Å². The van der Waals surface area contributed by atoms with Gasteiger partial charge in [0.25, 0.3) is 5.92 Å². The van der Waals surface area contributed by atoms with Crippen LogP contribution in [0, 0.1) is 0 Å². The van der Waals surface area contributed by atoms with Crippen molar-refractivity contribution in [3.05, 3.63) is 0 Å². The second-order valence-corrected chi connectivity index (χ2v) is 4.54. The topological polar surface area (TPSA) is 21.3 Å². The number of ether oxygens (including phenoxy) is 1. The summed E-state index contributed by atoms with van der Waals surface area (Å²) in [4.78, 5) is 0. The van der Waals surface area contributed by atoms with E-state index < -0.39 is 5.92 Å². The Balaban J connectivity index is 3.61. The van der Waals surface area contributed by atoms with Crippen molar-refractivity contribution in [3.8, 4) is 0 Å². The van der Waals surface area contributed by atoms with Crippen molar-refractivity contribution in [1.29, 1.82) is 0 Å². The molecule has 0 amide bonds. The Bertz CT molecular complexity index is 174. The minimum atomic E-state index is -2.62. The summed E-state index contributed by atoms with van der Waals surface area (Å²) < 4.78 is 31.7. The van der Waals surface area contributed by atoms with E-state index >= 15 is 0 Å². The molecule has 0 unspecified atom stereocenters. The fourth-order valence-corrected chi connectivity index (χ4v) is 1.21. The number of halogens is 2. The first-order valence-electron chi connectivity index (χ1n) is 6.10. The van der Waals surface area contributed by atoms with Crippen LogP contribution in [0.2, 0.25) is 0 Å². The zero-order chi connectivity index (χ0) is 12.6. The maximum absolute atomic E-state index is 13.3. The third-order valence-electron chi connectivity index (χ3n) is 2.51. The van der Waals surface area contributed by atoms with Crippen LogP contribution >= 0.6 is 0 Å². The van der Waals surface area contributed by atoms with Gasteiger partial charge in [-0.1, -0.05) is 6.92 Å². The number of rotatable bonds is 9. The maximum Gasteiger partial charge on any atom is 0.251 e. The number of hydrogen-bond donors (Lipinski definition) is 1. The molecule has 0 bridgehead atoms.